The van der Waals surface area contributed by atoms with Gasteiger partial charge in [0.25, 0.3) is 0 Å². The van der Waals surface area contributed by atoms with Crippen LogP contribution in [0.3, 0.4) is 0 Å². The molecule has 1 aromatic rings. The molecule has 0 radical (unpaired) electrons. The van der Waals surface area contributed by atoms with Crippen molar-refractivity contribution in [1.82, 2.24) is 0 Å². The van der Waals surface area contributed by atoms with E-state index in [0.717, 1.165) is 35.1 Å². The maximum Gasteiger partial charge on any atom is 0.303 e. The second-order valence-corrected chi connectivity index (χ2v) is 5.42. The van der Waals surface area contributed by atoms with Crippen molar-refractivity contribution in [2.45, 2.75) is 46.0 Å². The smallest absolute Gasteiger partial charge is 0.303 e. The van der Waals surface area contributed by atoms with Gasteiger partial charge in [0.05, 0.1) is 6.42 Å². The van der Waals surface area contributed by atoms with Gasteiger partial charge in [0, 0.05) is 0 Å². The van der Waals surface area contributed by atoms with Crippen LogP contribution in [0.2, 0.25) is 0 Å². The van der Waals surface area contributed by atoms with Gasteiger partial charge in [-0.25, -0.2) is 0 Å². The van der Waals surface area contributed by atoms with Crippen LogP contribution in [-0.2, 0) is 4.79 Å². The Morgan fingerprint density at radius 3 is 2.44 bits per heavy atom. The lowest BCUT2D eigenvalue weighted by molar-refractivity contribution is -0.137. The Balaban J connectivity index is 2.47. The first-order valence-electron chi connectivity index (χ1n) is 6.43. The van der Waals surface area contributed by atoms with Gasteiger partial charge < -0.3 is 10.2 Å². The summed E-state index contributed by atoms with van der Waals surface area (Å²) in [5, 5.41) is 18.9. The number of carbonyl (C=O) groups is 1. The molecule has 18 heavy (non-hydrogen) atoms. The summed E-state index contributed by atoms with van der Waals surface area (Å²) in [6.07, 6.45) is 2.43. The van der Waals surface area contributed by atoms with Crippen molar-refractivity contribution in [3.05, 3.63) is 28.3 Å². The summed E-state index contributed by atoms with van der Waals surface area (Å²) in [6.45, 7) is 5.83. The highest BCUT2D eigenvalue weighted by molar-refractivity contribution is 5.69. The minimum Gasteiger partial charge on any atom is -0.508 e. The minimum absolute atomic E-state index is 0.0989. The molecule has 0 saturated heterocycles. The van der Waals surface area contributed by atoms with Gasteiger partial charge in [-0.1, -0.05) is 0 Å². The number of aromatic hydroxyl groups is 1. The Hall–Kier alpha value is -1.51. The van der Waals surface area contributed by atoms with E-state index in [1.54, 1.807) is 6.07 Å². The zero-order valence-corrected chi connectivity index (χ0v) is 11.2. The zero-order chi connectivity index (χ0) is 13.4. The standard InChI is InChI=1S/C15H20O3/c1-8-6-13(16)9(2)10(3)15(8)12(7-14(17)18)11-4-5-11/h6,11-12,16H,4-5,7H2,1-3H3,(H,17,18). The first kappa shape index (κ1) is 12.9. The Kier molecular flexibility index (Phi) is 3.33. The molecule has 1 aliphatic carbocycles. The molecule has 0 spiro atoms. The summed E-state index contributed by atoms with van der Waals surface area (Å²) in [6, 6.07) is 1.76. The normalized spacial score (nSPS) is 16.6. The third-order valence-electron chi connectivity index (χ3n) is 4.09. The van der Waals surface area contributed by atoms with Gasteiger partial charge in [-0.3, -0.25) is 4.79 Å². The minimum atomic E-state index is -0.739. The van der Waals surface area contributed by atoms with E-state index in [-0.39, 0.29) is 12.3 Å². The molecule has 0 amide bonds. The third-order valence-corrected chi connectivity index (χ3v) is 4.09. The first-order chi connectivity index (χ1) is 8.41. The predicted octanol–water partition coefficient (Wildman–Crippen LogP) is 3.29. The Morgan fingerprint density at radius 2 is 1.94 bits per heavy atom. The van der Waals surface area contributed by atoms with E-state index in [2.05, 4.69) is 0 Å². The van der Waals surface area contributed by atoms with E-state index in [1.165, 1.54) is 0 Å². The molecule has 1 atom stereocenters. The number of hydrogen-bond donors (Lipinski definition) is 2. The molecule has 2 rings (SSSR count). The third kappa shape index (κ3) is 2.35. The van der Waals surface area contributed by atoms with Crippen LogP contribution < -0.4 is 0 Å². The number of phenols is 1. The molecule has 0 aliphatic heterocycles. The Labute approximate surface area is 107 Å². The molecule has 1 unspecified atom stereocenters. The number of benzene rings is 1. The lowest BCUT2D eigenvalue weighted by atomic mass is 9.83. The summed E-state index contributed by atoms with van der Waals surface area (Å²) in [4.78, 5) is 11.0. The molecule has 98 valence electrons. The fourth-order valence-electron chi connectivity index (χ4n) is 2.84. The second kappa shape index (κ2) is 4.63. The quantitative estimate of drug-likeness (QED) is 0.859. The van der Waals surface area contributed by atoms with Crippen molar-refractivity contribution in [3.8, 4) is 5.75 Å². The van der Waals surface area contributed by atoms with E-state index >= 15 is 0 Å². The van der Waals surface area contributed by atoms with E-state index in [1.807, 2.05) is 20.8 Å². The average Bonchev–Trinajstić information content (AvgIpc) is 3.08. The van der Waals surface area contributed by atoms with Crippen LogP contribution in [0, 0.1) is 26.7 Å². The van der Waals surface area contributed by atoms with Crippen molar-refractivity contribution in [2.24, 2.45) is 5.92 Å². The summed E-state index contributed by atoms with van der Waals surface area (Å²) < 4.78 is 0. The van der Waals surface area contributed by atoms with Crippen molar-refractivity contribution in [3.63, 3.8) is 0 Å². The lowest BCUT2D eigenvalue weighted by Crippen LogP contribution is -2.12. The number of aliphatic carboxylic acids is 1. The molecule has 0 bridgehead atoms. The highest BCUT2D eigenvalue weighted by Gasteiger charge is 2.35. The molecular weight excluding hydrogens is 228 g/mol. The summed E-state index contributed by atoms with van der Waals surface area (Å²) in [5.41, 5.74) is 4.06. The first-order valence-corrected chi connectivity index (χ1v) is 6.43. The van der Waals surface area contributed by atoms with Crippen molar-refractivity contribution in [2.75, 3.05) is 0 Å². The molecule has 2 N–H and O–H groups in total. The Morgan fingerprint density at radius 1 is 1.33 bits per heavy atom. The fraction of sp³-hybridized carbons (Fsp3) is 0.533. The molecule has 1 aromatic carbocycles. The number of aryl methyl sites for hydroxylation is 1. The predicted molar refractivity (Wildman–Crippen MR) is 70.0 cm³/mol. The lowest BCUT2D eigenvalue weighted by Gasteiger charge is -2.22. The Bertz CT molecular complexity index is 487. The molecule has 3 nitrogen and oxygen atoms in total. The van der Waals surface area contributed by atoms with Crippen LogP contribution in [0.25, 0.3) is 0 Å². The van der Waals surface area contributed by atoms with E-state index < -0.39 is 5.97 Å². The van der Waals surface area contributed by atoms with Crippen LogP contribution in [0.1, 0.15) is 47.4 Å². The molecule has 0 heterocycles. The van der Waals surface area contributed by atoms with Crippen molar-refractivity contribution in [1.29, 1.82) is 0 Å². The molecule has 1 fully saturated rings. The largest absolute Gasteiger partial charge is 0.508 e. The monoisotopic (exact) mass is 248 g/mol. The van der Waals surface area contributed by atoms with Gasteiger partial charge in [0.1, 0.15) is 5.75 Å². The second-order valence-electron chi connectivity index (χ2n) is 5.42. The maximum atomic E-state index is 11.0. The summed E-state index contributed by atoms with van der Waals surface area (Å²) >= 11 is 0. The number of hydrogen-bond acceptors (Lipinski definition) is 2. The molecule has 1 aliphatic rings. The summed E-state index contributed by atoms with van der Waals surface area (Å²) in [7, 11) is 0. The number of phenolic OH excluding ortho intramolecular Hbond substituents is 1. The van der Waals surface area contributed by atoms with Crippen molar-refractivity contribution < 1.29 is 15.0 Å². The SMILES string of the molecule is Cc1cc(O)c(C)c(C)c1C(CC(=O)O)C1CC1. The van der Waals surface area contributed by atoms with Gasteiger partial charge in [-0.05, 0) is 73.8 Å². The van der Waals surface area contributed by atoms with Gasteiger partial charge in [0.15, 0.2) is 0 Å². The highest BCUT2D eigenvalue weighted by atomic mass is 16.4. The average molecular weight is 248 g/mol. The van der Waals surface area contributed by atoms with Crippen LogP contribution in [-0.4, -0.2) is 16.2 Å². The maximum absolute atomic E-state index is 11.0. The number of carboxylic acids is 1. The molecule has 3 heteroatoms. The zero-order valence-electron chi connectivity index (χ0n) is 11.2. The van der Waals surface area contributed by atoms with Crippen LogP contribution in [0.15, 0.2) is 6.07 Å². The highest BCUT2D eigenvalue weighted by Crippen LogP contribution is 2.47. The summed E-state index contributed by atoms with van der Waals surface area (Å²) in [5.74, 6) is 0.166. The van der Waals surface area contributed by atoms with Crippen LogP contribution >= 0.6 is 0 Å². The van der Waals surface area contributed by atoms with Crippen molar-refractivity contribution >= 4 is 5.97 Å². The van der Waals surface area contributed by atoms with E-state index in [4.69, 9.17) is 5.11 Å². The molecular formula is C15H20O3. The van der Waals surface area contributed by atoms with Gasteiger partial charge in [-0.2, -0.15) is 0 Å². The topological polar surface area (TPSA) is 57.5 Å². The van der Waals surface area contributed by atoms with Crippen LogP contribution in [0.5, 0.6) is 5.75 Å². The molecule has 1 saturated carbocycles. The van der Waals surface area contributed by atoms with Gasteiger partial charge in [-0.15, -0.1) is 0 Å². The van der Waals surface area contributed by atoms with E-state index in [0.29, 0.717) is 11.7 Å². The fourth-order valence-corrected chi connectivity index (χ4v) is 2.84. The number of rotatable bonds is 4. The van der Waals surface area contributed by atoms with E-state index in [9.17, 15) is 9.90 Å². The molecule has 0 aromatic heterocycles. The number of carboxylic acid groups (broad SMARTS) is 1. The van der Waals surface area contributed by atoms with Gasteiger partial charge in [0.2, 0.25) is 0 Å². The van der Waals surface area contributed by atoms with Gasteiger partial charge >= 0.3 is 5.97 Å². The van der Waals surface area contributed by atoms with Crippen LogP contribution in [0.4, 0.5) is 0 Å².